The lowest BCUT2D eigenvalue weighted by molar-refractivity contribution is -0.190. The van der Waals surface area contributed by atoms with Crippen molar-refractivity contribution in [1.82, 2.24) is 19.5 Å². The van der Waals surface area contributed by atoms with Gasteiger partial charge < -0.3 is 19.3 Å². The standard InChI is InChI=1S/C19H22N4O4/c1-4-12-15-16(27-19(2,3)26-15)18(25-12)23-9-22-14-13(20-8-21-17(14)23)10-6-5-7-11(10)24/h1,8-12,15-16,18,24H,5-7H2,2-3H3. The number of hydrogen-bond donors (Lipinski definition) is 1. The van der Waals surface area contributed by atoms with Crippen molar-refractivity contribution in [2.75, 3.05) is 0 Å². The average molecular weight is 370 g/mol. The Morgan fingerprint density at radius 2 is 2.04 bits per heavy atom. The minimum Gasteiger partial charge on any atom is -0.392 e. The van der Waals surface area contributed by atoms with E-state index in [-0.39, 0.29) is 18.1 Å². The van der Waals surface area contributed by atoms with Gasteiger partial charge in [0.15, 0.2) is 17.7 Å². The number of aliphatic hydroxyl groups excluding tert-OH is 1. The van der Waals surface area contributed by atoms with Gasteiger partial charge in [0, 0.05) is 5.92 Å². The minimum absolute atomic E-state index is 0.0143. The Labute approximate surface area is 156 Å². The van der Waals surface area contributed by atoms with Crippen LogP contribution in [0.3, 0.4) is 0 Å². The van der Waals surface area contributed by atoms with Gasteiger partial charge in [-0.25, -0.2) is 15.0 Å². The predicted molar refractivity (Wildman–Crippen MR) is 94.5 cm³/mol. The van der Waals surface area contributed by atoms with Crippen molar-refractivity contribution in [3.8, 4) is 12.3 Å². The second kappa shape index (κ2) is 5.97. The first-order valence-corrected chi connectivity index (χ1v) is 9.31. The highest BCUT2D eigenvalue weighted by atomic mass is 16.8. The maximum absolute atomic E-state index is 10.3. The van der Waals surface area contributed by atoms with Crippen molar-refractivity contribution in [1.29, 1.82) is 0 Å². The van der Waals surface area contributed by atoms with E-state index in [9.17, 15) is 5.11 Å². The first kappa shape index (κ1) is 17.1. The van der Waals surface area contributed by atoms with E-state index >= 15 is 0 Å². The molecule has 1 saturated carbocycles. The number of aliphatic hydroxyl groups is 1. The highest BCUT2D eigenvalue weighted by Gasteiger charge is 2.55. The molecule has 1 aliphatic carbocycles. The van der Waals surface area contributed by atoms with E-state index in [1.807, 2.05) is 18.4 Å². The first-order chi connectivity index (χ1) is 13.0. The predicted octanol–water partition coefficient (Wildman–Crippen LogP) is 1.51. The fourth-order valence-electron chi connectivity index (χ4n) is 4.52. The number of ether oxygens (including phenoxy) is 3. The molecule has 2 aliphatic heterocycles. The number of aromatic nitrogens is 4. The Morgan fingerprint density at radius 1 is 1.22 bits per heavy atom. The number of imidazole rings is 1. The minimum atomic E-state index is -0.725. The molecule has 5 rings (SSSR count). The SMILES string of the molecule is C#CC1OC(n2cnc3c(C4CCCC4O)ncnc32)C2OC(C)(C)OC12. The highest BCUT2D eigenvalue weighted by Crippen LogP contribution is 2.44. The Hall–Kier alpha value is -2.05. The fraction of sp³-hybridized carbons (Fsp3) is 0.632. The van der Waals surface area contributed by atoms with Gasteiger partial charge in [-0.05, 0) is 26.7 Å². The Bertz CT molecular complexity index is 920. The van der Waals surface area contributed by atoms with Crippen LogP contribution in [0.2, 0.25) is 0 Å². The summed E-state index contributed by atoms with van der Waals surface area (Å²) in [6, 6.07) is 0. The topological polar surface area (TPSA) is 91.5 Å². The van der Waals surface area contributed by atoms with Crippen LogP contribution in [0.1, 0.15) is 50.9 Å². The van der Waals surface area contributed by atoms with Crippen molar-refractivity contribution in [3.63, 3.8) is 0 Å². The number of hydrogen-bond acceptors (Lipinski definition) is 7. The molecule has 0 radical (unpaired) electrons. The van der Waals surface area contributed by atoms with Crippen LogP contribution < -0.4 is 0 Å². The van der Waals surface area contributed by atoms with Crippen molar-refractivity contribution in [3.05, 3.63) is 18.3 Å². The molecule has 6 unspecified atom stereocenters. The number of fused-ring (bicyclic) bond motifs is 2. The number of terminal acetylenes is 1. The number of rotatable bonds is 2. The summed E-state index contributed by atoms with van der Waals surface area (Å²) in [5, 5.41) is 10.3. The third-order valence-corrected chi connectivity index (χ3v) is 5.69. The van der Waals surface area contributed by atoms with Crippen LogP contribution in [-0.2, 0) is 14.2 Å². The van der Waals surface area contributed by atoms with Gasteiger partial charge in [-0.1, -0.05) is 12.3 Å². The summed E-state index contributed by atoms with van der Waals surface area (Å²) in [5.41, 5.74) is 2.12. The normalized spacial score (nSPS) is 37.6. The molecule has 8 nitrogen and oxygen atoms in total. The van der Waals surface area contributed by atoms with Gasteiger partial charge in [-0.2, -0.15) is 0 Å². The molecule has 8 heteroatoms. The van der Waals surface area contributed by atoms with E-state index in [0.29, 0.717) is 11.2 Å². The van der Waals surface area contributed by atoms with Crippen LogP contribution in [0, 0.1) is 12.3 Å². The molecule has 1 N–H and O–H groups in total. The first-order valence-electron chi connectivity index (χ1n) is 9.31. The molecule has 0 amide bonds. The molecular weight excluding hydrogens is 348 g/mol. The summed E-state index contributed by atoms with van der Waals surface area (Å²) in [6.45, 7) is 3.73. The molecule has 3 fully saturated rings. The fourth-order valence-corrected chi connectivity index (χ4v) is 4.52. The van der Waals surface area contributed by atoms with Crippen LogP contribution in [-0.4, -0.2) is 54.8 Å². The van der Waals surface area contributed by atoms with E-state index < -0.39 is 24.2 Å². The van der Waals surface area contributed by atoms with Crippen LogP contribution in [0.5, 0.6) is 0 Å². The molecule has 0 spiro atoms. The van der Waals surface area contributed by atoms with Crippen LogP contribution >= 0.6 is 0 Å². The van der Waals surface area contributed by atoms with E-state index in [4.69, 9.17) is 20.6 Å². The monoisotopic (exact) mass is 370 g/mol. The Kier molecular flexibility index (Phi) is 3.78. The lowest BCUT2D eigenvalue weighted by Gasteiger charge is -2.23. The summed E-state index contributed by atoms with van der Waals surface area (Å²) < 4.78 is 19.9. The van der Waals surface area contributed by atoms with Crippen molar-refractivity contribution in [2.24, 2.45) is 0 Å². The van der Waals surface area contributed by atoms with Crippen LogP contribution in [0.4, 0.5) is 0 Å². The van der Waals surface area contributed by atoms with E-state index in [1.165, 1.54) is 6.33 Å². The highest BCUT2D eigenvalue weighted by molar-refractivity contribution is 5.74. The molecule has 27 heavy (non-hydrogen) atoms. The zero-order valence-corrected chi connectivity index (χ0v) is 15.3. The van der Waals surface area contributed by atoms with Gasteiger partial charge in [-0.3, -0.25) is 4.57 Å². The summed E-state index contributed by atoms with van der Waals surface area (Å²) in [5.74, 6) is 1.91. The molecule has 2 aromatic rings. The summed E-state index contributed by atoms with van der Waals surface area (Å²) in [4.78, 5) is 13.4. The molecule has 2 saturated heterocycles. The molecule has 2 aromatic heterocycles. The number of nitrogens with zero attached hydrogens (tertiary/aromatic N) is 4. The van der Waals surface area contributed by atoms with Crippen molar-refractivity contribution in [2.45, 2.75) is 75.5 Å². The van der Waals surface area contributed by atoms with Crippen molar-refractivity contribution >= 4 is 11.2 Å². The summed E-state index contributed by atoms with van der Waals surface area (Å²) in [6.07, 6.45) is 9.43. The van der Waals surface area contributed by atoms with Gasteiger partial charge in [0.25, 0.3) is 0 Å². The molecule has 0 aromatic carbocycles. The lowest BCUT2D eigenvalue weighted by Crippen LogP contribution is -2.28. The summed E-state index contributed by atoms with van der Waals surface area (Å²) in [7, 11) is 0. The van der Waals surface area contributed by atoms with Crippen molar-refractivity contribution < 1.29 is 19.3 Å². The van der Waals surface area contributed by atoms with Gasteiger partial charge in [-0.15, -0.1) is 6.42 Å². The average Bonchev–Trinajstić information content (AvgIpc) is 3.37. The molecule has 3 aliphatic rings. The maximum atomic E-state index is 10.3. The second-order valence-electron chi connectivity index (χ2n) is 7.87. The molecular formula is C19H22N4O4. The zero-order valence-electron chi connectivity index (χ0n) is 15.3. The second-order valence-corrected chi connectivity index (χ2v) is 7.87. The molecule has 0 bridgehead atoms. The molecule has 4 heterocycles. The van der Waals surface area contributed by atoms with Crippen LogP contribution in [0.25, 0.3) is 11.2 Å². The molecule has 6 atom stereocenters. The smallest absolute Gasteiger partial charge is 0.167 e. The maximum Gasteiger partial charge on any atom is 0.167 e. The largest absolute Gasteiger partial charge is 0.392 e. The third-order valence-electron chi connectivity index (χ3n) is 5.69. The summed E-state index contributed by atoms with van der Waals surface area (Å²) >= 11 is 0. The van der Waals surface area contributed by atoms with Crippen LogP contribution in [0.15, 0.2) is 12.7 Å². The van der Waals surface area contributed by atoms with Gasteiger partial charge in [0.05, 0.1) is 18.1 Å². The van der Waals surface area contributed by atoms with Gasteiger partial charge in [0.1, 0.15) is 30.2 Å². The lowest BCUT2D eigenvalue weighted by atomic mass is 10.0. The van der Waals surface area contributed by atoms with E-state index in [0.717, 1.165) is 25.0 Å². The van der Waals surface area contributed by atoms with E-state index in [2.05, 4.69) is 20.9 Å². The molecule has 142 valence electrons. The Morgan fingerprint density at radius 3 is 2.78 bits per heavy atom. The van der Waals surface area contributed by atoms with Gasteiger partial charge in [0.2, 0.25) is 0 Å². The Balaban J connectivity index is 1.55. The third kappa shape index (κ3) is 2.57. The zero-order chi connectivity index (χ0) is 18.8. The van der Waals surface area contributed by atoms with Gasteiger partial charge >= 0.3 is 0 Å². The quantitative estimate of drug-likeness (QED) is 0.801. The van der Waals surface area contributed by atoms with E-state index in [1.54, 1.807) is 6.33 Å².